The number of aromatic nitrogens is 3. The number of hydrogen-bond donors (Lipinski definition) is 0. The van der Waals surface area contributed by atoms with Crippen molar-refractivity contribution in [1.29, 1.82) is 0 Å². The van der Waals surface area contributed by atoms with Crippen molar-refractivity contribution < 1.29 is 13.9 Å². The molecule has 5 rings (SSSR count). The van der Waals surface area contributed by atoms with E-state index < -0.39 is 5.60 Å². The zero-order valence-electron chi connectivity index (χ0n) is 19.5. The fraction of sp³-hybridized carbons (Fsp3) is 0.346. The zero-order valence-corrected chi connectivity index (χ0v) is 19.5. The molecule has 34 heavy (non-hydrogen) atoms. The average molecular weight is 463 g/mol. The van der Waals surface area contributed by atoms with E-state index in [2.05, 4.69) is 5.10 Å². The Labute approximate surface area is 196 Å². The number of benzene rings is 2. The molecule has 0 radical (unpaired) electrons. The second-order valence-corrected chi connectivity index (χ2v) is 9.67. The highest BCUT2D eigenvalue weighted by atomic mass is 19.1. The molecule has 0 spiro atoms. The van der Waals surface area contributed by atoms with Gasteiger partial charge in [0.05, 0.1) is 10.9 Å². The van der Waals surface area contributed by atoms with Gasteiger partial charge in [-0.05, 0) is 51.3 Å². The molecule has 3 heterocycles. The first kappa shape index (κ1) is 22.1. The van der Waals surface area contributed by atoms with Gasteiger partial charge in [-0.15, -0.1) is 0 Å². The monoisotopic (exact) mass is 462 g/mol. The SMILES string of the molecule is CC(C)(C)OC(=O)N1CCC(n2c(=O)ccn3nc4cccc(-c5ccccc5F)c4c23)CC1. The van der Waals surface area contributed by atoms with Crippen LogP contribution in [0.25, 0.3) is 27.7 Å². The fourth-order valence-electron chi connectivity index (χ4n) is 4.68. The normalized spacial score (nSPS) is 15.2. The lowest BCUT2D eigenvalue weighted by molar-refractivity contribution is 0.0188. The quantitative estimate of drug-likeness (QED) is 0.419. The van der Waals surface area contributed by atoms with Gasteiger partial charge in [0.2, 0.25) is 0 Å². The van der Waals surface area contributed by atoms with E-state index in [1.54, 1.807) is 38.4 Å². The summed E-state index contributed by atoms with van der Waals surface area (Å²) in [5, 5.41) is 5.40. The number of carbonyl (C=O) groups is 1. The van der Waals surface area contributed by atoms with Crippen LogP contribution < -0.4 is 5.56 Å². The average Bonchev–Trinajstić information content (AvgIpc) is 3.17. The number of piperidine rings is 1. The van der Waals surface area contributed by atoms with Gasteiger partial charge in [-0.25, -0.2) is 13.7 Å². The summed E-state index contributed by atoms with van der Waals surface area (Å²) >= 11 is 0. The minimum Gasteiger partial charge on any atom is -0.444 e. The molecule has 1 saturated heterocycles. The molecule has 176 valence electrons. The summed E-state index contributed by atoms with van der Waals surface area (Å²) in [7, 11) is 0. The maximum atomic E-state index is 14.7. The van der Waals surface area contributed by atoms with Gasteiger partial charge in [-0.2, -0.15) is 5.10 Å². The summed E-state index contributed by atoms with van der Waals surface area (Å²) in [5.74, 6) is -0.329. The summed E-state index contributed by atoms with van der Waals surface area (Å²) in [6.07, 6.45) is 2.52. The van der Waals surface area contributed by atoms with Crippen molar-refractivity contribution in [3.05, 3.63) is 70.9 Å². The molecule has 2 aromatic heterocycles. The molecular formula is C26H27FN4O3. The van der Waals surface area contributed by atoms with E-state index in [0.717, 1.165) is 5.39 Å². The number of likely N-dealkylation sites (tertiary alicyclic amines) is 1. The zero-order chi connectivity index (χ0) is 24.0. The van der Waals surface area contributed by atoms with Crippen molar-refractivity contribution >= 4 is 22.6 Å². The van der Waals surface area contributed by atoms with Gasteiger partial charge in [0.15, 0.2) is 0 Å². The van der Waals surface area contributed by atoms with Crippen molar-refractivity contribution in [3.8, 4) is 11.1 Å². The van der Waals surface area contributed by atoms with Crippen LogP contribution in [0.5, 0.6) is 0 Å². The standard InChI is InChI=1S/C26H27FN4O3/c1-26(2,3)34-25(33)29-14-11-17(12-15-29)31-22(32)13-16-30-24(31)23-19(8-6-10-21(23)28-30)18-7-4-5-9-20(18)27/h4-10,13,16-17H,11-12,14-15H2,1-3H3. The largest absolute Gasteiger partial charge is 0.444 e. The summed E-state index contributed by atoms with van der Waals surface area (Å²) in [6, 6.07) is 13.6. The van der Waals surface area contributed by atoms with Crippen LogP contribution in [0.15, 0.2) is 59.5 Å². The number of nitrogens with zero attached hydrogens (tertiary/aromatic N) is 4. The highest BCUT2D eigenvalue weighted by Crippen LogP contribution is 2.34. The number of ether oxygens (including phenoxy) is 1. The molecule has 0 unspecified atom stereocenters. The molecule has 1 fully saturated rings. The predicted octanol–water partition coefficient (Wildman–Crippen LogP) is 5.03. The molecule has 4 aromatic rings. The topological polar surface area (TPSA) is 68.8 Å². The highest BCUT2D eigenvalue weighted by molar-refractivity contribution is 6.04. The Hall–Kier alpha value is -3.68. The Balaban J connectivity index is 1.59. The van der Waals surface area contributed by atoms with Gasteiger partial charge in [0.25, 0.3) is 5.56 Å². The molecule has 0 aliphatic carbocycles. The summed E-state index contributed by atoms with van der Waals surface area (Å²) in [4.78, 5) is 27.3. The fourth-order valence-corrected chi connectivity index (χ4v) is 4.68. The first-order valence-corrected chi connectivity index (χ1v) is 11.5. The van der Waals surface area contributed by atoms with E-state index >= 15 is 0 Å². The Morgan fingerprint density at radius 1 is 1.03 bits per heavy atom. The van der Waals surface area contributed by atoms with E-state index in [9.17, 15) is 14.0 Å². The van der Waals surface area contributed by atoms with Crippen LogP contribution in [-0.2, 0) is 4.74 Å². The second kappa shape index (κ2) is 8.27. The predicted molar refractivity (Wildman–Crippen MR) is 128 cm³/mol. The van der Waals surface area contributed by atoms with Crippen molar-refractivity contribution in [3.63, 3.8) is 0 Å². The number of amides is 1. The molecule has 0 bridgehead atoms. The van der Waals surface area contributed by atoms with Crippen LogP contribution in [0, 0.1) is 5.82 Å². The van der Waals surface area contributed by atoms with E-state index in [1.165, 1.54) is 12.1 Å². The third kappa shape index (κ3) is 3.93. The van der Waals surface area contributed by atoms with E-state index in [1.807, 2.05) is 39.0 Å². The van der Waals surface area contributed by atoms with Gasteiger partial charge >= 0.3 is 6.09 Å². The minimum atomic E-state index is -0.559. The minimum absolute atomic E-state index is 0.122. The molecule has 1 amide bonds. The van der Waals surface area contributed by atoms with Gasteiger partial charge in [-0.3, -0.25) is 9.36 Å². The molecule has 1 aliphatic heterocycles. The Bertz CT molecular complexity index is 1440. The molecule has 7 nitrogen and oxygen atoms in total. The van der Waals surface area contributed by atoms with E-state index in [4.69, 9.17) is 4.74 Å². The van der Waals surface area contributed by atoms with Crippen molar-refractivity contribution in [2.24, 2.45) is 0 Å². The van der Waals surface area contributed by atoms with Crippen LogP contribution in [0.2, 0.25) is 0 Å². The first-order chi connectivity index (χ1) is 16.2. The number of halogens is 1. The Kier molecular flexibility index (Phi) is 5.38. The van der Waals surface area contributed by atoms with Crippen molar-refractivity contribution in [1.82, 2.24) is 19.1 Å². The lowest BCUT2D eigenvalue weighted by Gasteiger charge is -2.34. The smallest absolute Gasteiger partial charge is 0.410 e. The summed E-state index contributed by atoms with van der Waals surface area (Å²) in [6.45, 7) is 6.50. The lowest BCUT2D eigenvalue weighted by atomic mass is 10.00. The van der Waals surface area contributed by atoms with Crippen molar-refractivity contribution in [2.75, 3.05) is 13.1 Å². The second-order valence-electron chi connectivity index (χ2n) is 9.67. The molecular weight excluding hydrogens is 435 g/mol. The van der Waals surface area contributed by atoms with Crippen molar-refractivity contribution in [2.45, 2.75) is 45.3 Å². The van der Waals surface area contributed by atoms with Crippen LogP contribution in [0.4, 0.5) is 9.18 Å². The molecule has 0 atom stereocenters. The number of carbonyl (C=O) groups excluding carboxylic acids is 1. The van der Waals surface area contributed by atoms with Gasteiger partial charge in [0.1, 0.15) is 17.1 Å². The maximum Gasteiger partial charge on any atom is 0.410 e. The van der Waals surface area contributed by atoms with Crippen LogP contribution in [0.3, 0.4) is 0 Å². The Morgan fingerprint density at radius 2 is 1.74 bits per heavy atom. The summed E-state index contributed by atoms with van der Waals surface area (Å²) < 4.78 is 23.7. The third-order valence-electron chi connectivity index (χ3n) is 6.17. The third-order valence-corrected chi connectivity index (χ3v) is 6.17. The summed E-state index contributed by atoms with van der Waals surface area (Å²) in [5.41, 5.74) is 1.77. The number of fused-ring (bicyclic) bond motifs is 3. The van der Waals surface area contributed by atoms with Gasteiger partial charge in [0, 0.05) is 37.0 Å². The highest BCUT2D eigenvalue weighted by Gasteiger charge is 2.29. The number of hydrogen-bond acceptors (Lipinski definition) is 4. The van der Waals surface area contributed by atoms with Gasteiger partial charge in [-0.1, -0.05) is 30.3 Å². The first-order valence-electron chi connectivity index (χ1n) is 11.5. The van der Waals surface area contributed by atoms with Crippen LogP contribution in [0.1, 0.15) is 39.7 Å². The van der Waals surface area contributed by atoms with Gasteiger partial charge < -0.3 is 9.64 Å². The molecule has 0 N–H and O–H groups in total. The molecule has 1 aliphatic rings. The van der Waals surface area contributed by atoms with E-state index in [-0.39, 0.29) is 23.5 Å². The van der Waals surface area contributed by atoms with Crippen LogP contribution in [-0.4, -0.2) is 43.9 Å². The molecule has 8 heteroatoms. The van der Waals surface area contributed by atoms with Crippen LogP contribution >= 0.6 is 0 Å². The number of rotatable bonds is 2. The Morgan fingerprint density at radius 3 is 2.44 bits per heavy atom. The lowest BCUT2D eigenvalue weighted by Crippen LogP contribution is -2.43. The maximum absolute atomic E-state index is 14.7. The molecule has 0 saturated carbocycles. The molecule has 2 aromatic carbocycles. The van der Waals surface area contributed by atoms with E-state index in [0.29, 0.717) is 48.2 Å².